The van der Waals surface area contributed by atoms with E-state index in [1.54, 1.807) is 12.1 Å². The van der Waals surface area contributed by atoms with Crippen LogP contribution in [-0.2, 0) is 10.0 Å². The minimum absolute atomic E-state index is 0.236. The molecule has 1 aliphatic carbocycles. The summed E-state index contributed by atoms with van der Waals surface area (Å²) in [5.41, 5.74) is 3.78. The van der Waals surface area contributed by atoms with Crippen LogP contribution in [0.2, 0.25) is 0 Å². The molecular weight excluding hydrogens is 334 g/mol. The normalized spacial score (nSPS) is 15.8. The molecule has 0 radical (unpaired) electrons. The second-order valence-corrected chi connectivity index (χ2v) is 8.10. The number of hydrogen-bond donors (Lipinski definition) is 1. The Kier molecular flexibility index (Phi) is 4.78. The van der Waals surface area contributed by atoms with E-state index in [-0.39, 0.29) is 17.4 Å². The molecule has 1 atom stereocenters. The zero-order valence-corrected chi connectivity index (χ0v) is 14.9. The monoisotopic (exact) mass is 353 g/mol. The Morgan fingerprint density at radius 1 is 1.04 bits per heavy atom. The van der Waals surface area contributed by atoms with Crippen molar-refractivity contribution in [2.75, 3.05) is 20.7 Å². The molecule has 1 N–H and O–H groups in total. The third kappa shape index (κ3) is 3.24. The van der Waals surface area contributed by atoms with E-state index >= 15 is 0 Å². The van der Waals surface area contributed by atoms with E-state index in [1.807, 2.05) is 42.5 Å². The van der Waals surface area contributed by atoms with E-state index in [9.17, 15) is 8.42 Å². The smallest absolute Gasteiger partial charge is 0.242 e. The van der Waals surface area contributed by atoms with E-state index in [4.69, 9.17) is 5.11 Å². The van der Waals surface area contributed by atoms with Crippen LogP contribution in [0.3, 0.4) is 0 Å². The van der Waals surface area contributed by atoms with E-state index in [1.165, 1.54) is 18.4 Å². The van der Waals surface area contributed by atoms with Crippen LogP contribution in [0.1, 0.15) is 28.2 Å². The highest BCUT2D eigenvalue weighted by molar-refractivity contribution is 7.89. The summed E-state index contributed by atoms with van der Waals surface area (Å²) in [7, 11) is -0.506. The fourth-order valence-corrected chi connectivity index (χ4v) is 3.84. The molecule has 0 saturated carbocycles. The van der Waals surface area contributed by atoms with Crippen molar-refractivity contribution in [2.24, 2.45) is 0 Å². The second-order valence-electron chi connectivity index (χ2n) is 5.95. The highest BCUT2D eigenvalue weighted by Crippen LogP contribution is 2.35. The van der Waals surface area contributed by atoms with Crippen LogP contribution < -0.4 is 0 Å². The molecule has 25 heavy (non-hydrogen) atoms. The Balaban J connectivity index is 2.25. The lowest BCUT2D eigenvalue weighted by Gasteiger charge is -2.17. The van der Waals surface area contributed by atoms with Gasteiger partial charge < -0.3 is 5.11 Å². The number of aliphatic hydroxyl groups is 1. The molecule has 2 aromatic rings. The van der Waals surface area contributed by atoms with E-state index in [0.29, 0.717) is 0 Å². The standard InChI is InChI=1S/C20H19NO3S/c1-21(2)25(23,24)17-12-11-16-10-9-15-6-3-4-7-18(15)19(8-5-13-22)20(16)14-17/h3-4,6-7,9-12,14,19,22H,13H2,1-2H3. The molecule has 0 saturated heterocycles. The average molecular weight is 353 g/mol. The molecule has 0 aliphatic heterocycles. The Hall–Kier alpha value is -2.39. The quantitative estimate of drug-likeness (QED) is 0.844. The van der Waals surface area contributed by atoms with Gasteiger partial charge in [0.05, 0.1) is 10.8 Å². The summed E-state index contributed by atoms with van der Waals surface area (Å²) in [4.78, 5) is 0.236. The highest BCUT2D eigenvalue weighted by Gasteiger charge is 2.24. The second kappa shape index (κ2) is 6.85. The van der Waals surface area contributed by atoms with Gasteiger partial charge in [0.15, 0.2) is 0 Å². The first-order chi connectivity index (χ1) is 11.9. The fourth-order valence-electron chi connectivity index (χ4n) is 2.90. The van der Waals surface area contributed by atoms with Gasteiger partial charge in [0.2, 0.25) is 10.0 Å². The molecule has 128 valence electrons. The third-order valence-electron chi connectivity index (χ3n) is 4.22. The number of benzene rings is 2. The summed E-state index contributed by atoms with van der Waals surface area (Å²) < 4.78 is 26.2. The van der Waals surface area contributed by atoms with Gasteiger partial charge in [0.25, 0.3) is 0 Å². The molecule has 5 heteroatoms. The molecule has 0 spiro atoms. The zero-order chi connectivity index (χ0) is 18.0. The average Bonchev–Trinajstić information content (AvgIpc) is 2.76. The van der Waals surface area contributed by atoms with Crippen molar-refractivity contribution in [1.29, 1.82) is 0 Å². The largest absolute Gasteiger partial charge is 0.384 e. The van der Waals surface area contributed by atoms with Crippen molar-refractivity contribution in [3.63, 3.8) is 0 Å². The van der Waals surface area contributed by atoms with Gasteiger partial charge in [-0.25, -0.2) is 12.7 Å². The fraction of sp³-hybridized carbons (Fsp3) is 0.200. The molecule has 1 unspecified atom stereocenters. The number of sulfonamides is 1. The van der Waals surface area contributed by atoms with Crippen LogP contribution >= 0.6 is 0 Å². The minimum Gasteiger partial charge on any atom is -0.384 e. The van der Waals surface area contributed by atoms with Crippen molar-refractivity contribution in [1.82, 2.24) is 4.31 Å². The third-order valence-corrected chi connectivity index (χ3v) is 6.03. The molecule has 0 amide bonds. The van der Waals surface area contributed by atoms with E-state index in [2.05, 4.69) is 11.8 Å². The van der Waals surface area contributed by atoms with Crippen molar-refractivity contribution >= 4 is 22.2 Å². The zero-order valence-electron chi connectivity index (χ0n) is 14.1. The van der Waals surface area contributed by atoms with Gasteiger partial charge in [-0.15, -0.1) is 0 Å². The predicted molar refractivity (Wildman–Crippen MR) is 99.4 cm³/mol. The van der Waals surface area contributed by atoms with E-state index in [0.717, 1.165) is 22.3 Å². The Labute approximate surface area is 148 Å². The van der Waals surface area contributed by atoms with Crippen molar-refractivity contribution in [3.8, 4) is 11.8 Å². The Bertz CT molecular complexity index is 995. The van der Waals surface area contributed by atoms with Crippen molar-refractivity contribution in [2.45, 2.75) is 10.8 Å². The molecule has 1 aliphatic rings. The van der Waals surface area contributed by atoms with Gasteiger partial charge in [-0.1, -0.05) is 54.3 Å². The number of fused-ring (bicyclic) bond motifs is 2. The lowest BCUT2D eigenvalue weighted by molar-refractivity contribution is 0.350. The van der Waals surface area contributed by atoms with Gasteiger partial charge in [-0.05, 0) is 34.4 Å². The number of nitrogens with zero attached hydrogens (tertiary/aromatic N) is 1. The first kappa shape index (κ1) is 17.4. The highest BCUT2D eigenvalue weighted by atomic mass is 32.2. The molecule has 0 heterocycles. The number of aliphatic hydroxyl groups excluding tert-OH is 1. The van der Waals surface area contributed by atoms with Gasteiger partial charge in [-0.3, -0.25) is 0 Å². The summed E-state index contributed by atoms with van der Waals surface area (Å²) in [6.07, 6.45) is 3.98. The molecule has 0 fully saturated rings. The maximum absolute atomic E-state index is 12.5. The first-order valence-electron chi connectivity index (χ1n) is 7.88. The lowest BCUT2D eigenvalue weighted by Crippen LogP contribution is -2.22. The molecular formula is C20H19NO3S. The van der Waals surface area contributed by atoms with Crippen LogP contribution in [0.15, 0.2) is 47.4 Å². The van der Waals surface area contributed by atoms with Crippen molar-refractivity contribution in [3.05, 3.63) is 64.7 Å². The van der Waals surface area contributed by atoms with Crippen LogP contribution in [0.5, 0.6) is 0 Å². The van der Waals surface area contributed by atoms with Crippen LogP contribution in [0.4, 0.5) is 0 Å². The molecule has 2 aromatic carbocycles. The Morgan fingerprint density at radius 3 is 2.40 bits per heavy atom. The Morgan fingerprint density at radius 2 is 1.72 bits per heavy atom. The summed E-state index contributed by atoms with van der Waals surface area (Å²) in [6, 6.07) is 13.0. The molecule has 0 aromatic heterocycles. The lowest BCUT2D eigenvalue weighted by atomic mass is 9.88. The van der Waals surface area contributed by atoms with Gasteiger partial charge >= 0.3 is 0 Å². The van der Waals surface area contributed by atoms with Gasteiger partial charge in [0.1, 0.15) is 6.61 Å². The van der Waals surface area contributed by atoms with Crippen molar-refractivity contribution < 1.29 is 13.5 Å². The number of rotatable bonds is 2. The topological polar surface area (TPSA) is 57.6 Å². The van der Waals surface area contributed by atoms with Gasteiger partial charge in [0, 0.05) is 14.1 Å². The van der Waals surface area contributed by atoms with Crippen LogP contribution in [0, 0.1) is 11.8 Å². The number of hydrogen-bond acceptors (Lipinski definition) is 3. The summed E-state index contributed by atoms with van der Waals surface area (Å²) in [6.45, 7) is -0.239. The molecule has 0 bridgehead atoms. The minimum atomic E-state index is -3.53. The summed E-state index contributed by atoms with van der Waals surface area (Å²) in [5.74, 6) is 5.51. The molecule has 4 nitrogen and oxygen atoms in total. The van der Waals surface area contributed by atoms with E-state index < -0.39 is 10.0 Å². The maximum atomic E-state index is 12.5. The van der Waals surface area contributed by atoms with Crippen LogP contribution in [0.25, 0.3) is 12.2 Å². The summed E-state index contributed by atoms with van der Waals surface area (Å²) >= 11 is 0. The predicted octanol–water partition coefficient (Wildman–Crippen LogP) is 2.55. The SMILES string of the molecule is CN(C)S(=O)(=O)c1ccc2c(c1)C(C#CCO)c1ccccc1C=C2. The summed E-state index contributed by atoms with van der Waals surface area (Å²) in [5, 5.41) is 9.13. The maximum Gasteiger partial charge on any atom is 0.242 e. The molecule has 3 rings (SSSR count). The van der Waals surface area contributed by atoms with Gasteiger partial charge in [-0.2, -0.15) is 0 Å². The first-order valence-corrected chi connectivity index (χ1v) is 9.32. The van der Waals surface area contributed by atoms with Crippen LogP contribution in [-0.4, -0.2) is 38.5 Å².